The van der Waals surface area contributed by atoms with Crippen LogP contribution in [0.25, 0.3) is 6.08 Å². The van der Waals surface area contributed by atoms with E-state index in [1.54, 1.807) is 0 Å². The molecule has 1 aromatic heterocycles. The van der Waals surface area contributed by atoms with Crippen molar-refractivity contribution >= 4 is 35.3 Å². The number of hydrogen-bond donors (Lipinski definition) is 0. The van der Waals surface area contributed by atoms with Crippen LogP contribution in [0.15, 0.2) is 17.5 Å². The van der Waals surface area contributed by atoms with Gasteiger partial charge in [0.15, 0.2) is 6.29 Å². The molecule has 0 spiro atoms. The second-order valence-electron chi connectivity index (χ2n) is 2.28. The molecule has 0 saturated heterocycles. The van der Waals surface area contributed by atoms with Gasteiger partial charge in [0.2, 0.25) is 0 Å². The normalized spacial score (nSPS) is 10.8. The van der Waals surface area contributed by atoms with Gasteiger partial charge >= 0.3 is 0 Å². The Morgan fingerprint density at radius 1 is 1.58 bits per heavy atom. The molecule has 0 aliphatic rings. The number of thiophene rings is 1. The summed E-state index contributed by atoms with van der Waals surface area (Å²) in [6.45, 7) is 0. The van der Waals surface area contributed by atoms with Crippen LogP contribution in [0.4, 0.5) is 0 Å². The maximum Gasteiger partial charge on any atom is 0.160 e. The largest absolute Gasteiger partial charge is 0.297 e. The highest BCUT2D eigenvalue weighted by Crippen LogP contribution is 2.13. The van der Waals surface area contributed by atoms with Gasteiger partial charge in [-0.05, 0) is 23.4 Å². The van der Waals surface area contributed by atoms with Crippen molar-refractivity contribution in [2.24, 2.45) is 0 Å². The first-order chi connectivity index (χ1) is 5.86. The van der Waals surface area contributed by atoms with Gasteiger partial charge in [-0.3, -0.25) is 4.79 Å². The van der Waals surface area contributed by atoms with E-state index in [1.807, 2.05) is 23.6 Å². The van der Waals surface area contributed by atoms with E-state index in [0.29, 0.717) is 5.88 Å². The van der Waals surface area contributed by atoms with E-state index in [2.05, 4.69) is 0 Å². The van der Waals surface area contributed by atoms with Crippen LogP contribution in [0.2, 0.25) is 0 Å². The van der Waals surface area contributed by atoms with Crippen LogP contribution in [0.1, 0.15) is 21.7 Å². The number of carbonyl (C=O) groups is 1. The van der Waals surface area contributed by atoms with E-state index in [4.69, 9.17) is 11.6 Å². The smallest absolute Gasteiger partial charge is 0.160 e. The molecule has 0 fully saturated rings. The fraction of sp³-hybridized carbons (Fsp3) is 0.222. The Hall–Kier alpha value is -0.600. The zero-order valence-electron chi connectivity index (χ0n) is 6.50. The Kier molecular flexibility index (Phi) is 4.05. The molecular formula is C9H9ClOS. The predicted octanol–water partition coefficient (Wildman–Crippen LogP) is 3.20. The maximum absolute atomic E-state index is 10.3. The summed E-state index contributed by atoms with van der Waals surface area (Å²) in [6, 6.07) is 1.86. The van der Waals surface area contributed by atoms with Crippen LogP contribution in [0, 0.1) is 0 Å². The van der Waals surface area contributed by atoms with Gasteiger partial charge in [-0.25, -0.2) is 0 Å². The average molecular weight is 201 g/mol. The van der Waals surface area contributed by atoms with Crippen LogP contribution in [-0.2, 0) is 0 Å². The number of allylic oxidation sites excluding steroid dienone is 1. The molecule has 0 bridgehead atoms. The first-order valence-corrected chi connectivity index (χ1v) is 5.04. The third-order valence-corrected chi connectivity index (χ3v) is 2.44. The monoisotopic (exact) mass is 200 g/mol. The van der Waals surface area contributed by atoms with E-state index in [1.165, 1.54) is 11.3 Å². The summed E-state index contributed by atoms with van der Waals surface area (Å²) < 4.78 is 0. The number of alkyl halides is 1. The Labute approximate surface area is 80.7 Å². The summed E-state index contributed by atoms with van der Waals surface area (Å²) >= 11 is 6.95. The summed E-state index contributed by atoms with van der Waals surface area (Å²) in [5.74, 6) is 0.640. The third-order valence-electron chi connectivity index (χ3n) is 1.34. The highest BCUT2D eigenvalue weighted by Gasteiger charge is 1.93. The maximum atomic E-state index is 10.3. The van der Waals surface area contributed by atoms with Crippen molar-refractivity contribution in [2.75, 3.05) is 5.88 Å². The molecule has 1 aromatic rings. The van der Waals surface area contributed by atoms with Gasteiger partial charge < -0.3 is 0 Å². The van der Waals surface area contributed by atoms with Crippen LogP contribution in [-0.4, -0.2) is 12.2 Å². The first kappa shape index (κ1) is 9.49. The molecule has 1 rings (SSSR count). The molecule has 0 atom stereocenters. The molecule has 1 heterocycles. The van der Waals surface area contributed by atoms with Crippen LogP contribution in [0.3, 0.4) is 0 Å². The zero-order valence-corrected chi connectivity index (χ0v) is 8.07. The van der Waals surface area contributed by atoms with E-state index >= 15 is 0 Å². The lowest BCUT2D eigenvalue weighted by Gasteiger charge is -1.82. The Balaban J connectivity index is 2.57. The van der Waals surface area contributed by atoms with Crippen molar-refractivity contribution in [3.05, 3.63) is 28.0 Å². The Bertz CT molecular complexity index is 278. The van der Waals surface area contributed by atoms with Crippen molar-refractivity contribution < 1.29 is 4.79 Å². The van der Waals surface area contributed by atoms with E-state index in [9.17, 15) is 4.79 Å². The highest BCUT2D eigenvalue weighted by atomic mass is 35.5. The van der Waals surface area contributed by atoms with Gasteiger partial charge in [0, 0.05) is 5.88 Å². The molecule has 1 nitrogen and oxygen atoms in total. The quantitative estimate of drug-likeness (QED) is 0.539. The Morgan fingerprint density at radius 3 is 3.00 bits per heavy atom. The van der Waals surface area contributed by atoms with Gasteiger partial charge in [-0.15, -0.1) is 22.9 Å². The highest BCUT2D eigenvalue weighted by molar-refractivity contribution is 7.11. The van der Waals surface area contributed by atoms with E-state index in [-0.39, 0.29) is 0 Å². The molecule has 0 N–H and O–H groups in total. The Morgan fingerprint density at radius 2 is 2.42 bits per heavy atom. The van der Waals surface area contributed by atoms with Crippen molar-refractivity contribution in [1.82, 2.24) is 0 Å². The van der Waals surface area contributed by atoms with E-state index in [0.717, 1.165) is 23.1 Å². The minimum Gasteiger partial charge on any atom is -0.297 e. The van der Waals surface area contributed by atoms with Crippen molar-refractivity contribution in [3.63, 3.8) is 0 Å². The fourth-order valence-electron chi connectivity index (χ4n) is 0.800. The minimum atomic E-state index is 0.640. The fourth-order valence-corrected chi connectivity index (χ4v) is 1.60. The summed E-state index contributed by atoms with van der Waals surface area (Å²) in [5.41, 5.74) is 1.08. The molecule has 0 unspecified atom stereocenters. The van der Waals surface area contributed by atoms with Crippen molar-refractivity contribution in [3.8, 4) is 0 Å². The standard InChI is InChI=1S/C9H9ClOS/c10-4-2-1-3-8-5-9(6-11)12-7-8/h1,3,5-7H,2,4H2. The second-order valence-corrected chi connectivity index (χ2v) is 3.60. The number of carbonyl (C=O) groups excluding carboxylic acids is 1. The molecule has 0 amide bonds. The molecule has 0 aliphatic carbocycles. The van der Waals surface area contributed by atoms with Crippen molar-refractivity contribution in [2.45, 2.75) is 6.42 Å². The van der Waals surface area contributed by atoms with Crippen LogP contribution in [0.5, 0.6) is 0 Å². The summed E-state index contributed by atoms with van der Waals surface area (Å²) in [6.07, 6.45) is 5.72. The average Bonchev–Trinajstić information content (AvgIpc) is 2.53. The molecule has 0 aromatic carbocycles. The number of halogens is 1. The van der Waals surface area contributed by atoms with Gasteiger partial charge in [0.1, 0.15) is 0 Å². The second kappa shape index (κ2) is 5.12. The number of aldehydes is 1. The molecule has 12 heavy (non-hydrogen) atoms. The van der Waals surface area contributed by atoms with E-state index < -0.39 is 0 Å². The zero-order chi connectivity index (χ0) is 8.81. The lowest BCUT2D eigenvalue weighted by molar-refractivity contribution is 0.112. The summed E-state index contributed by atoms with van der Waals surface area (Å²) in [4.78, 5) is 11.1. The molecule has 64 valence electrons. The molecule has 0 aliphatic heterocycles. The van der Waals surface area contributed by atoms with Crippen LogP contribution < -0.4 is 0 Å². The topological polar surface area (TPSA) is 17.1 Å². The first-order valence-electron chi connectivity index (χ1n) is 3.63. The van der Waals surface area contributed by atoms with Gasteiger partial charge in [-0.2, -0.15) is 0 Å². The SMILES string of the molecule is O=Cc1cc(C=CCCCl)cs1. The van der Waals surface area contributed by atoms with Gasteiger partial charge in [-0.1, -0.05) is 12.2 Å². The van der Waals surface area contributed by atoms with Gasteiger partial charge in [0.05, 0.1) is 4.88 Å². The predicted molar refractivity (Wildman–Crippen MR) is 54.1 cm³/mol. The lowest BCUT2D eigenvalue weighted by atomic mass is 10.3. The van der Waals surface area contributed by atoms with Crippen molar-refractivity contribution in [1.29, 1.82) is 0 Å². The number of hydrogen-bond acceptors (Lipinski definition) is 2. The van der Waals surface area contributed by atoms with Crippen LogP contribution >= 0.6 is 22.9 Å². The molecule has 0 saturated carbocycles. The lowest BCUT2D eigenvalue weighted by Crippen LogP contribution is -1.68. The molecule has 0 radical (unpaired) electrons. The molecule has 3 heteroatoms. The minimum absolute atomic E-state index is 0.640. The third kappa shape index (κ3) is 2.80. The number of rotatable bonds is 4. The summed E-state index contributed by atoms with van der Waals surface area (Å²) in [7, 11) is 0. The summed E-state index contributed by atoms with van der Waals surface area (Å²) in [5, 5.41) is 1.95. The molecular weight excluding hydrogens is 192 g/mol. The van der Waals surface area contributed by atoms with Gasteiger partial charge in [0.25, 0.3) is 0 Å².